The van der Waals surface area contributed by atoms with Crippen LogP contribution in [0.25, 0.3) is 21.1 Å². The summed E-state index contributed by atoms with van der Waals surface area (Å²) in [4.78, 5) is 27.4. The average molecular weight is 562 g/mol. The van der Waals surface area contributed by atoms with E-state index in [2.05, 4.69) is 24.4 Å². The number of imidazole rings is 1. The first-order chi connectivity index (χ1) is 18.7. The van der Waals surface area contributed by atoms with E-state index in [0.29, 0.717) is 13.0 Å². The van der Waals surface area contributed by atoms with E-state index in [0.717, 1.165) is 32.9 Å². The SMILES string of the molecule is CCCC(CC(=O)N(C)S(=O)(=O)c1ccccc1)n1c(=O)n(Cc2csc3cccc(C)c23)c2ccccc21. The van der Waals surface area contributed by atoms with Gasteiger partial charge < -0.3 is 0 Å². The lowest BCUT2D eigenvalue weighted by atomic mass is 10.1. The van der Waals surface area contributed by atoms with Crippen LogP contribution in [0.3, 0.4) is 0 Å². The predicted octanol–water partition coefficient (Wildman–Crippen LogP) is 5.95. The molecule has 0 radical (unpaired) electrons. The molecule has 5 aromatic rings. The lowest BCUT2D eigenvalue weighted by Crippen LogP contribution is -2.36. The second-order valence-corrected chi connectivity index (χ2v) is 12.6. The zero-order valence-corrected chi connectivity index (χ0v) is 23.8. The number of carbonyl (C=O) groups is 1. The normalized spacial score (nSPS) is 12.7. The standard InChI is InChI=1S/C30H31N3O4S2/c1-4-11-23(18-28(34)31(3)39(36,37)24-13-6-5-7-14-24)33-26-16-9-8-15-25(26)32(30(33)35)19-22-20-38-27-17-10-12-21(2)29(22)27/h5-10,12-17,20,23H,4,11,18-19H2,1-3H3. The predicted molar refractivity (Wildman–Crippen MR) is 157 cm³/mol. The number of aryl methyl sites for hydroxylation is 1. The monoisotopic (exact) mass is 561 g/mol. The van der Waals surface area contributed by atoms with Crippen LogP contribution >= 0.6 is 11.3 Å². The van der Waals surface area contributed by atoms with E-state index >= 15 is 0 Å². The molecule has 5 rings (SSSR count). The van der Waals surface area contributed by atoms with Crippen molar-refractivity contribution in [2.45, 2.75) is 50.6 Å². The van der Waals surface area contributed by atoms with Crippen molar-refractivity contribution in [1.82, 2.24) is 13.4 Å². The Morgan fingerprint density at radius 3 is 2.38 bits per heavy atom. The first-order valence-electron chi connectivity index (χ1n) is 13.0. The van der Waals surface area contributed by atoms with Gasteiger partial charge in [0, 0.05) is 29.6 Å². The fourth-order valence-corrected chi connectivity index (χ4v) is 7.43. The van der Waals surface area contributed by atoms with Gasteiger partial charge in [-0.2, -0.15) is 0 Å². The Bertz CT molecular complexity index is 1820. The molecule has 2 aromatic heterocycles. The van der Waals surface area contributed by atoms with Gasteiger partial charge in [0.15, 0.2) is 0 Å². The zero-order valence-electron chi connectivity index (χ0n) is 22.2. The summed E-state index contributed by atoms with van der Waals surface area (Å²) in [6.45, 7) is 4.48. The molecule has 1 amide bonds. The van der Waals surface area contributed by atoms with Crippen LogP contribution in [0.1, 0.15) is 43.4 Å². The van der Waals surface area contributed by atoms with Crippen molar-refractivity contribution >= 4 is 48.4 Å². The second kappa shape index (κ2) is 10.8. The number of amides is 1. The van der Waals surface area contributed by atoms with Crippen molar-refractivity contribution < 1.29 is 13.2 Å². The van der Waals surface area contributed by atoms with Gasteiger partial charge in [-0.05, 0) is 60.2 Å². The van der Waals surface area contributed by atoms with E-state index in [9.17, 15) is 18.0 Å². The molecule has 0 aliphatic heterocycles. The molecule has 0 N–H and O–H groups in total. The van der Waals surface area contributed by atoms with Gasteiger partial charge in [0.2, 0.25) is 5.91 Å². The van der Waals surface area contributed by atoms with Gasteiger partial charge in [0.25, 0.3) is 10.0 Å². The summed E-state index contributed by atoms with van der Waals surface area (Å²) in [7, 11) is -2.71. The van der Waals surface area contributed by atoms with E-state index < -0.39 is 22.0 Å². The summed E-state index contributed by atoms with van der Waals surface area (Å²) < 4.78 is 31.6. The fraction of sp³-hybridized carbons (Fsp3) is 0.267. The molecule has 0 saturated heterocycles. The van der Waals surface area contributed by atoms with Gasteiger partial charge in [-0.15, -0.1) is 11.3 Å². The molecule has 202 valence electrons. The Labute approximate surface area is 232 Å². The summed E-state index contributed by atoms with van der Waals surface area (Å²) in [6.07, 6.45) is 1.18. The number of sulfonamides is 1. The van der Waals surface area contributed by atoms with Crippen molar-refractivity contribution in [2.75, 3.05) is 7.05 Å². The number of hydrogen-bond acceptors (Lipinski definition) is 5. The minimum atomic E-state index is -4.00. The van der Waals surface area contributed by atoms with Gasteiger partial charge in [-0.3, -0.25) is 13.9 Å². The molecule has 3 aromatic carbocycles. The molecule has 0 aliphatic rings. The number of hydrogen-bond donors (Lipinski definition) is 0. The summed E-state index contributed by atoms with van der Waals surface area (Å²) in [5.74, 6) is -0.555. The van der Waals surface area contributed by atoms with Crippen molar-refractivity contribution in [3.05, 3.63) is 99.8 Å². The largest absolute Gasteiger partial charge is 0.329 e. The molecule has 2 heterocycles. The molecule has 0 fully saturated rings. The zero-order chi connectivity index (χ0) is 27.7. The maximum atomic E-state index is 14.0. The van der Waals surface area contributed by atoms with Crippen molar-refractivity contribution in [1.29, 1.82) is 0 Å². The molecular formula is C30H31N3O4S2. The Balaban J connectivity index is 1.53. The highest BCUT2D eigenvalue weighted by molar-refractivity contribution is 7.89. The van der Waals surface area contributed by atoms with E-state index in [-0.39, 0.29) is 17.0 Å². The summed E-state index contributed by atoms with van der Waals surface area (Å²) in [5, 5.41) is 3.27. The average Bonchev–Trinajstić information content (AvgIpc) is 3.48. The van der Waals surface area contributed by atoms with Gasteiger partial charge in [-0.25, -0.2) is 17.5 Å². The van der Waals surface area contributed by atoms with Crippen LogP contribution in [-0.4, -0.2) is 34.8 Å². The number of aromatic nitrogens is 2. The highest BCUT2D eigenvalue weighted by Gasteiger charge is 2.29. The highest BCUT2D eigenvalue weighted by atomic mass is 32.2. The van der Waals surface area contributed by atoms with Crippen LogP contribution in [-0.2, 0) is 21.4 Å². The number of nitrogens with zero attached hydrogens (tertiary/aromatic N) is 3. The third-order valence-electron chi connectivity index (χ3n) is 7.23. The van der Waals surface area contributed by atoms with Crippen LogP contribution in [0.4, 0.5) is 0 Å². The van der Waals surface area contributed by atoms with Gasteiger partial charge in [-0.1, -0.05) is 55.8 Å². The maximum Gasteiger partial charge on any atom is 0.329 e. The summed E-state index contributed by atoms with van der Waals surface area (Å²) in [5.41, 5.74) is 3.56. The number of thiophene rings is 1. The summed E-state index contributed by atoms with van der Waals surface area (Å²) in [6, 6.07) is 21.2. The minimum Gasteiger partial charge on any atom is -0.288 e. The third-order valence-corrected chi connectivity index (χ3v) is 10.0. The summed E-state index contributed by atoms with van der Waals surface area (Å²) >= 11 is 1.66. The molecule has 0 bridgehead atoms. The van der Waals surface area contributed by atoms with Gasteiger partial charge in [0.1, 0.15) is 0 Å². The highest BCUT2D eigenvalue weighted by Crippen LogP contribution is 2.31. The number of fused-ring (bicyclic) bond motifs is 2. The Morgan fingerprint density at radius 2 is 1.67 bits per heavy atom. The molecule has 39 heavy (non-hydrogen) atoms. The molecule has 0 aliphatic carbocycles. The molecule has 0 spiro atoms. The van der Waals surface area contributed by atoms with Crippen LogP contribution < -0.4 is 5.69 Å². The third kappa shape index (κ3) is 4.92. The second-order valence-electron chi connectivity index (χ2n) is 9.76. The van der Waals surface area contributed by atoms with Crippen LogP contribution in [0.2, 0.25) is 0 Å². The molecular weight excluding hydrogens is 530 g/mol. The molecule has 1 atom stereocenters. The first kappa shape index (κ1) is 26.9. The lowest BCUT2D eigenvalue weighted by Gasteiger charge is -2.22. The van der Waals surface area contributed by atoms with E-state index in [1.807, 2.05) is 37.3 Å². The number of carbonyl (C=O) groups excluding carboxylic acids is 1. The minimum absolute atomic E-state index is 0.0555. The quantitative estimate of drug-likeness (QED) is 0.223. The molecule has 9 heteroatoms. The lowest BCUT2D eigenvalue weighted by molar-refractivity contribution is -0.126. The number of rotatable bonds is 9. The van der Waals surface area contributed by atoms with E-state index in [4.69, 9.17) is 0 Å². The van der Waals surface area contributed by atoms with Crippen molar-refractivity contribution in [3.63, 3.8) is 0 Å². The van der Waals surface area contributed by atoms with Crippen molar-refractivity contribution in [2.24, 2.45) is 0 Å². The van der Waals surface area contributed by atoms with Gasteiger partial charge in [0.05, 0.1) is 22.5 Å². The first-order valence-corrected chi connectivity index (χ1v) is 15.3. The van der Waals surface area contributed by atoms with Crippen molar-refractivity contribution in [3.8, 4) is 0 Å². The smallest absolute Gasteiger partial charge is 0.288 e. The topological polar surface area (TPSA) is 81.4 Å². The van der Waals surface area contributed by atoms with E-state index in [1.54, 1.807) is 38.7 Å². The van der Waals surface area contributed by atoms with E-state index in [1.165, 1.54) is 29.3 Å². The molecule has 7 nitrogen and oxygen atoms in total. The number of para-hydroxylation sites is 2. The maximum absolute atomic E-state index is 14.0. The fourth-order valence-electron chi connectivity index (χ4n) is 5.24. The Morgan fingerprint density at radius 1 is 0.974 bits per heavy atom. The van der Waals surface area contributed by atoms with Gasteiger partial charge >= 0.3 is 5.69 Å². The van der Waals surface area contributed by atoms with Crippen LogP contribution in [0, 0.1) is 6.92 Å². The Hall–Kier alpha value is -3.69. The molecule has 1 unspecified atom stereocenters. The molecule has 0 saturated carbocycles. The van der Waals surface area contributed by atoms with Crippen LogP contribution in [0.5, 0.6) is 0 Å². The number of benzene rings is 3. The Kier molecular flexibility index (Phi) is 7.46. The van der Waals surface area contributed by atoms with Crippen LogP contribution in [0.15, 0.2) is 87.9 Å².